The zero-order chi connectivity index (χ0) is 10.4. The zero-order valence-electron chi connectivity index (χ0n) is 9.24. The van der Waals surface area contributed by atoms with Crippen molar-refractivity contribution in [3.8, 4) is 0 Å². The summed E-state index contributed by atoms with van der Waals surface area (Å²) in [4.78, 5) is 2.40. The predicted octanol–water partition coefficient (Wildman–Crippen LogP) is 0.0709. The van der Waals surface area contributed by atoms with Gasteiger partial charge in [-0.3, -0.25) is 0 Å². The first kappa shape index (κ1) is 11.9. The van der Waals surface area contributed by atoms with Crippen molar-refractivity contribution >= 4 is 0 Å². The molecule has 0 radical (unpaired) electrons. The van der Waals surface area contributed by atoms with Crippen LogP contribution in [0.5, 0.6) is 0 Å². The van der Waals surface area contributed by atoms with Gasteiger partial charge in [-0.1, -0.05) is 0 Å². The number of piperidine rings is 1. The fourth-order valence-electron chi connectivity index (χ4n) is 1.86. The van der Waals surface area contributed by atoms with Gasteiger partial charge >= 0.3 is 0 Å². The van der Waals surface area contributed by atoms with Crippen molar-refractivity contribution < 1.29 is 9.47 Å². The topological polar surface area (TPSA) is 47.7 Å². The van der Waals surface area contributed by atoms with Crippen LogP contribution in [0.2, 0.25) is 0 Å². The van der Waals surface area contributed by atoms with Crippen molar-refractivity contribution in [2.45, 2.75) is 25.0 Å². The minimum atomic E-state index is 0.175. The lowest BCUT2D eigenvalue weighted by atomic mass is 10.1. The van der Waals surface area contributed by atoms with E-state index < -0.39 is 0 Å². The minimum Gasteiger partial charge on any atom is -0.381 e. The summed E-state index contributed by atoms with van der Waals surface area (Å²) in [5.74, 6) is 0. The number of nitrogens with zero attached hydrogens (tertiary/aromatic N) is 1. The van der Waals surface area contributed by atoms with Crippen LogP contribution < -0.4 is 5.73 Å². The number of methoxy groups -OCH3 is 2. The average Bonchev–Trinajstić information content (AvgIpc) is 2.26. The second kappa shape index (κ2) is 6.35. The van der Waals surface area contributed by atoms with Gasteiger partial charge in [0.2, 0.25) is 0 Å². The number of hydrogen-bond acceptors (Lipinski definition) is 4. The first-order chi connectivity index (χ1) is 6.80. The Kier molecular flexibility index (Phi) is 5.40. The summed E-state index contributed by atoms with van der Waals surface area (Å²) in [5, 5.41) is 0. The highest BCUT2D eigenvalue weighted by Gasteiger charge is 2.20. The lowest BCUT2D eigenvalue weighted by Gasteiger charge is -2.32. The minimum absolute atomic E-state index is 0.175. The third kappa shape index (κ3) is 3.53. The summed E-state index contributed by atoms with van der Waals surface area (Å²) in [5.41, 5.74) is 5.58. The lowest BCUT2D eigenvalue weighted by molar-refractivity contribution is 0.0160. The third-order valence-corrected chi connectivity index (χ3v) is 2.93. The number of ether oxygens (including phenoxy) is 2. The van der Waals surface area contributed by atoms with Crippen LogP contribution in [0.3, 0.4) is 0 Å². The smallest absolute Gasteiger partial charge is 0.0820 e. The molecule has 0 amide bonds. The quantitative estimate of drug-likeness (QED) is 0.685. The largest absolute Gasteiger partial charge is 0.381 e. The molecule has 1 aliphatic rings. The van der Waals surface area contributed by atoms with E-state index in [0.717, 1.165) is 32.5 Å². The Labute approximate surface area is 86.3 Å². The van der Waals surface area contributed by atoms with E-state index in [0.29, 0.717) is 12.6 Å². The summed E-state index contributed by atoms with van der Waals surface area (Å²) >= 11 is 0. The van der Waals surface area contributed by atoms with Gasteiger partial charge < -0.3 is 20.1 Å². The first-order valence-corrected chi connectivity index (χ1v) is 5.28. The van der Waals surface area contributed by atoms with Crippen LogP contribution in [0, 0.1) is 0 Å². The van der Waals surface area contributed by atoms with E-state index in [1.807, 2.05) is 0 Å². The molecule has 4 nitrogen and oxygen atoms in total. The van der Waals surface area contributed by atoms with E-state index >= 15 is 0 Å². The molecule has 1 fully saturated rings. The number of hydrogen-bond donors (Lipinski definition) is 1. The van der Waals surface area contributed by atoms with Gasteiger partial charge in [0.15, 0.2) is 0 Å². The van der Waals surface area contributed by atoms with Crippen molar-refractivity contribution in [2.75, 3.05) is 40.4 Å². The predicted molar refractivity (Wildman–Crippen MR) is 56.3 cm³/mol. The fraction of sp³-hybridized carbons (Fsp3) is 1.00. The van der Waals surface area contributed by atoms with Crippen LogP contribution in [-0.4, -0.2) is 57.5 Å². The summed E-state index contributed by atoms with van der Waals surface area (Å²) in [6, 6.07) is 0. The van der Waals surface area contributed by atoms with Gasteiger partial charge in [0, 0.05) is 40.4 Å². The Bertz CT molecular complexity index is 143. The molecule has 0 spiro atoms. The molecule has 14 heavy (non-hydrogen) atoms. The molecule has 0 saturated carbocycles. The average molecular weight is 202 g/mol. The van der Waals surface area contributed by atoms with Crippen LogP contribution in [-0.2, 0) is 9.47 Å². The molecule has 1 heterocycles. The van der Waals surface area contributed by atoms with Crippen molar-refractivity contribution in [1.29, 1.82) is 0 Å². The molecule has 0 aromatic rings. The molecule has 0 aromatic carbocycles. The molecule has 1 atom stereocenters. The second-order valence-electron chi connectivity index (χ2n) is 3.83. The maximum absolute atomic E-state index is 5.58. The molecule has 1 aliphatic heterocycles. The van der Waals surface area contributed by atoms with E-state index in [4.69, 9.17) is 15.2 Å². The number of nitrogens with two attached hydrogens (primary N) is 1. The van der Waals surface area contributed by atoms with Gasteiger partial charge in [0.1, 0.15) is 0 Å². The Hall–Kier alpha value is -0.160. The zero-order valence-corrected chi connectivity index (χ0v) is 9.24. The Morgan fingerprint density at radius 3 is 2.43 bits per heavy atom. The highest BCUT2D eigenvalue weighted by atomic mass is 16.5. The van der Waals surface area contributed by atoms with Crippen LogP contribution in [0.15, 0.2) is 0 Å². The molecular formula is C10H22N2O2. The van der Waals surface area contributed by atoms with Gasteiger partial charge in [-0.2, -0.15) is 0 Å². The molecule has 0 bridgehead atoms. The standard InChI is InChI=1S/C10H22N2O2/c1-13-9-3-5-12(6-4-9)8-10(7-11)14-2/h9-10H,3-8,11H2,1-2H3. The molecule has 0 aromatic heterocycles. The van der Waals surface area contributed by atoms with E-state index in [9.17, 15) is 0 Å². The summed E-state index contributed by atoms with van der Waals surface area (Å²) in [6.45, 7) is 3.74. The van der Waals surface area contributed by atoms with E-state index in [1.165, 1.54) is 0 Å². The molecule has 1 rings (SSSR count). The monoisotopic (exact) mass is 202 g/mol. The third-order valence-electron chi connectivity index (χ3n) is 2.93. The molecule has 2 N–H and O–H groups in total. The molecule has 1 unspecified atom stereocenters. The van der Waals surface area contributed by atoms with Crippen molar-refractivity contribution in [3.05, 3.63) is 0 Å². The Balaban J connectivity index is 2.21. The van der Waals surface area contributed by atoms with Gasteiger partial charge in [0.05, 0.1) is 12.2 Å². The van der Waals surface area contributed by atoms with E-state index in [-0.39, 0.29) is 6.10 Å². The van der Waals surface area contributed by atoms with Crippen LogP contribution in [0.1, 0.15) is 12.8 Å². The van der Waals surface area contributed by atoms with Crippen LogP contribution >= 0.6 is 0 Å². The van der Waals surface area contributed by atoms with Gasteiger partial charge in [-0.05, 0) is 12.8 Å². The summed E-state index contributed by atoms with van der Waals surface area (Å²) < 4.78 is 10.6. The van der Waals surface area contributed by atoms with Crippen LogP contribution in [0.4, 0.5) is 0 Å². The molecular weight excluding hydrogens is 180 g/mol. The maximum Gasteiger partial charge on any atom is 0.0820 e. The number of rotatable bonds is 5. The van der Waals surface area contributed by atoms with E-state index in [1.54, 1.807) is 14.2 Å². The Morgan fingerprint density at radius 2 is 2.00 bits per heavy atom. The SMILES string of the molecule is COC1CCN(CC(CN)OC)CC1. The first-order valence-electron chi connectivity index (χ1n) is 5.28. The number of likely N-dealkylation sites (tertiary alicyclic amines) is 1. The fourth-order valence-corrected chi connectivity index (χ4v) is 1.86. The van der Waals surface area contributed by atoms with Crippen molar-refractivity contribution in [1.82, 2.24) is 4.90 Å². The van der Waals surface area contributed by atoms with Gasteiger partial charge in [-0.25, -0.2) is 0 Å². The lowest BCUT2D eigenvalue weighted by Crippen LogP contribution is -2.43. The van der Waals surface area contributed by atoms with Gasteiger partial charge in [-0.15, -0.1) is 0 Å². The van der Waals surface area contributed by atoms with E-state index in [2.05, 4.69) is 4.90 Å². The normalized spacial score (nSPS) is 22.5. The van der Waals surface area contributed by atoms with Crippen molar-refractivity contribution in [2.24, 2.45) is 5.73 Å². The molecule has 84 valence electrons. The Morgan fingerprint density at radius 1 is 1.36 bits per heavy atom. The summed E-state index contributed by atoms with van der Waals surface area (Å²) in [7, 11) is 3.51. The molecule has 0 aliphatic carbocycles. The van der Waals surface area contributed by atoms with Crippen LogP contribution in [0.25, 0.3) is 0 Å². The van der Waals surface area contributed by atoms with Gasteiger partial charge in [0.25, 0.3) is 0 Å². The highest BCUT2D eigenvalue weighted by molar-refractivity contribution is 4.75. The second-order valence-corrected chi connectivity index (χ2v) is 3.83. The summed E-state index contributed by atoms with van der Waals surface area (Å²) in [6.07, 6.45) is 2.87. The molecule has 1 saturated heterocycles. The maximum atomic E-state index is 5.58. The van der Waals surface area contributed by atoms with Crippen molar-refractivity contribution in [3.63, 3.8) is 0 Å². The highest BCUT2D eigenvalue weighted by Crippen LogP contribution is 2.13. The molecule has 4 heteroatoms.